The molecule has 1 heterocycles. The van der Waals surface area contributed by atoms with E-state index in [0.29, 0.717) is 17.4 Å². The maximum Gasteiger partial charge on any atom is 0.178 e. The van der Waals surface area contributed by atoms with E-state index < -0.39 is 9.84 Å². The lowest BCUT2D eigenvalue weighted by Gasteiger charge is -2.23. The zero-order valence-electron chi connectivity index (χ0n) is 12.5. The fourth-order valence-electron chi connectivity index (χ4n) is 2.50. The maximum absolute atomic E-state index is 12.2. The van der Waals surface area contributed by atoms with Crippen LogP contribution in [0.25, 0.3) is 0 Å². The number of rotatable bonds is 7. The van der Waals surface area contributed by atoms with Gasteiger partial charge in [0.15, 0.2) is 9.84 Å². The standard InChI is InChI=1S/C15H24N2O2S2/c1-20-14-3-5-15(6-4-14)21(18,19)12-2-9-17-13-7-10-16-11-8-13/h3-6,13,16-17H,2,7-12H2,1H3. The lowest BCUT2D eigenvalue weighted by molar-refractivity contribution is 0.388. The molecule has 4 nitrogen and oxygen atoms in total. The van der Waals surface area contributed by atoms with Gasteiger partial charge in [0.1, 0.15) is 0 Å². The summed E-state index contributed by atoms with van der Waals surface area (Å²) in [5.74, 6) is 0.212. The molecule has 0 spiro atoms. The number of piperidine rings is 1. The van der Waals surface area contributed by atoms with Crippen LogP contribution in [0.15, 0.2) is 34.1 Å². The van der Waals surface area contributed by atoms with Gasteiger partial charge in [0.2, 0.25) is 0 Å². The summed E-state index contributed by atoms with van der Waals surface area (Å²) in [4.78, 5) is 1.52. The van der Waals surface area contributed by atoms with Gasteiger partial charge >= 0.3 is 0 Å². The van der Waals surface area contributed by atoms with E-state index in [1.807, 2.05) is 18.4 Å². The smallest absolute Gasteiger partial charge is 0.178 e. The Kier molecular flexibility index (Phi) is 6.54. The third kappa shape index (κ3) is 5.29. The molecule has 1 saturated heterocycles. The van der Waals surface area contributed by atoms with Gasteiger partial charge in [0.05, 0.1) is 10.6 Å². The van der Waals surface area contributed by atoms with Crippen molar-refractivity contribution in [2.75, 3.05) is 31.6 Å². The minimum atomic E-state index is -3.15. The average molecular weight is 329 g/mol. The Bertz CT molecular complexity index is 523. The lowest BCUT2D eigenvalue weighted by atomic mass is 10.1. The molecule has 1 aromatic rings. The molecule has 0 atom stereocenters. The summed E-state index contributed by atoms with van der Waals surface area (Å²) >= 11 is 1.62. The molecule has 0 unspecified atom stereocenters. The Morgan fingerprint density at radius 3 is 2.52 bits per heavy atom. The van der Waals surface area contributed by atoms with Crippen molar-refractivity contribution in [1.82, 2.24) is 10.6 Å². The van der Waals surface area contributed by atoms with Crippen LogP contribution in [-0.4, -0.2) is 46.1 Å². The summed E-state index contributed by atoms with van der Waals surface area (Å²) in [6.45, 7) is 2.88. The summed E-state index contributed by atoms with van der Waals surface area (Å²) in [5, 5.41) is 6.78. The second-order valence-electron chi connectivity index (χ2n) is 5.33. The number of hydrogen-bond donors (Lipinski definition) is 2. The fourth-order valence-corrected chi connectivity index (χ4v) is 4.21. The van der Waals surface area contributed by atoms with Crippen molar-refractivity contribution >= 4 is 21.6 Å². The van der Waals surface area contributed by atoms with E-state index in [2.05, 4.69) is 10.6 Å². The fraction of sp³-hybridized carbons (Fsp3) is 0.600. The predicted molar refractivity (Wildman–Crippen MR) is 88.8 cm³/mol. The third-order valence-electron chi connectivity index (χ3n) is 3.78. The quantitative estimate of drug-likeness (QED) is 0.591. The molecule has 2 N–H and O–H groups in total. The minimum absolute atomic E-state index is 0.212. The molecule has 118 valence electrons. The van der Waals surface area contributed by atoms with Crippen LogP contribution in [0, 0.1) is 0 Å². The first-order valence-electron chi connectivity index (χ1n) is 7.43. The van der Waals surface area contributed by atoms with Crippen molar-refractivity contribution in [3.8, 4) is 0 Å². The molecule has 0 saturated carbocycles. The molecule has 1 aliphatic rings. The van der Waals surface area contributed by atoms with Crippen molar-refractivity contribution in [3.63, 3.8) is 0 Å². The van der Waals surface area contributed by atoms with Gasteiger partial charge < -0.3 is 10.6 Å². The van der Waals surface area contributed by atoms with Crippen LogP contribution >= 0.6 is 11.8 Å². The Hall–Kier alpha value is -0.560. The zero-order valence-corrected chi connectivity index (χ0v) is 14.1. The molecule has 1 aliphatic heterocycles. The first-order chi connectivity index (χ1) is 10.1. The molecule has 21 heavy (non-hydrogen) atoms. The highest BCUT2D eigenvalue weighted by molar-refractivity contribution is 7.98. The first kappa shape index (κ1) is 16.8. The van der Waals surface area contributed by atoms with Crippen LogP contribution < -0.4 is 10.6 Å². The van der Waals surface area contributed by atoms with Gasteiger partial charge in [0, 0.05) is 10.9 Å². The Morgan fingerprint density at radius 2 is 1.90 bits per heavy atom. The molecule has 0 radical (unpaired) electrons. The molecule has 0 aliphatic carbocycles. The highest BCUT2D eigenvalue weighted by Crippen LogP contribution is 2.18. The van der Waals surface area contributed by atoms with E-state index in [-0.39, 0.29) is 5.75 Å². The zero-order chi connectivity index (χ0) is 15.1. The van der Waals surface area contributed by atoms with Gasteiger partial charge in [-0.1, -0.05) is 0 Å². The van der Waals surface area contributed by atoms with Crippen LogP contribution in [0.1, 0.15) is 19.3 Å². The number of nitrogens with one attached hydrogen (secondary N) is 2. The second-order valence-corrected chi connectivity index (χ2v) is 8.32. The summed E-state index contributed by atoms with van der Waals surface area (Å²) in [5.41, 5.74) is 0. The van der Waals surface area contributed by atoms with Crippen LogP contribution in [0.2, 0.25) is 0 Å². The van der Waals surface area contributed by atoms with Crippen molar-refractivity contribution in [2.24, 2.45) is 0 Å². The number of benzene rings is 1. The largest absolute Gasteiger partial charge is 0.317 e. The van der Waals surface area contributed by atoms with Gasteiger partial charge in [-0.15, -0.1) is 11.8 Å². The maximum atomic E-state index is 12.2. The van der Waals surface area contributed by atoms with Gasteiger partial charge in [-0.05, 0) is 69.4 Å². The molecule has 0 aromatic heterocycles. The summed E-state index contributed by atoms with van der Waals surface area (Å²) < 4.78 is 24.5. The van der Waals surface area contributed by atoms with E-state index in [1.54, 1.807) is 23.9 Å². The Morgan fingerprint density at radius 1 is 1.24 bits per heavy atom. The Balaban J connectivity index is 1.77. The molecule has 1 fully saturated rings. The highest BCUT2D eigenvalue weighted by Gasteiger charge is 2.15. The normalized spacial score (nSPS) is 17.0. The number of sulfone groups is 1. The van der Waals surface area contributed by atoms with Crippen LogP contribution in [0.3, 0.4) is 0 Å². The molecule has 1 aromatic carbocycles. The van der Waals surface area contributed by atoms with Crippen LogP contribution in [-0.2, 0) is 9.84 Å². The molecule has 2 rings (SSSR count). The third-order valence-corrected chi connectivity index (χ3v) is 6.34. The minimum Gasteiger partial charge on any atom is -0.317 e. The summed E-state index contributed by atoms with van der Waals surface area (Å²) in [6.07, 6.45) is 4.90. The van der Waals surface area contributed by atoms with Crippen molar-refractivity contribution in [1.29, 1.82) is 0 Å². The van der Waals surface area contributed by atoms with Crippen molar-refractivity contribution in [2.45, 2.75) is 35.1 Å². The van der Waals surface area contributed by atoms with Crippen LogP contribution in [0.4, 0.5) is 0 Å². The lowest BCUT2D eigenvalue weighted by Crippen LogP contribution is -2.40. The van der Waals surface area contributed by atoms with E-state index in [4.69, 9.17) is 0 Å². The molecule has 0 amide bonds. The number of hydrogen-bond acceptors (Lipinski definition) is 5. The molecular weight excluding hydrogens is 304 g/mol. The Labute approximate surface area is 132 Å². The van der Waals surface area contributed by atoms with E-state index >= 15 is 0 Å². The van der Waals surface area contributed by atoms with Gasteiger partial charge in [-0.2, -0.15) is 0 Å². The topological polar surface area (TPSA) is 58.2 Å². The summed E-state index contributed by atoms with van der Waals surface area (Å²) in [6, 6.07) is 7.69. The van der Waals surface area contributed by atoms with E-state index in [9.17, 15) is 8.42 Å². The van der Waals surface area contributed by atoms with Crippen molar-refractivity contribution < 1.29 is 8.42 Å². The van der Waals surface area contributed by atoms with E-state index in [1.165, 1.54) is 0 Å². The van der Waals surface area contributed by atoms with Gasteiger partial charge in [0.25, 0.3) is 0 Å². The predicted octanol–water partition coefficient (Wildman–Crippen LogP) is 1.91. The first-order valence-corrected chi connectivity index (χ1v) is 10.3. The van der Waals surface area contributed by atoms with Gasteiger partial charge in [-0.25, -0.2) is 8.42 Å². The average Bonchev–Trinajstić information content (AvgIpc) is 2.53. The highest BCUT2D eigenvalue weighted by atomic mass is 32.2. The molecule has 6 heteroatoms. The summed E-state index contributed by atoms with van der Waals surface area (Å²) in [7, 11) is -3.15. The van der Waals surface area contributed by atoms with Gasteiger partial charge in [-0.3, -0.25) is 0 Å². The molecular formula is C15H24N2O2S2. The molecule has 0 bridgehead atoms. The SMILES string of the molecule is CSc1ccc(S(=O)(=O)CCCNC2CCNCC2)cc1. The second kappa shape index (κ2) is 8.17. The number of thioether (sulfide) groups is 1. The van der Waals surface area contributed by atoms with Crippen molar-refractivity contribution in [3.05, 3.63) is 24.3 Å². The van der Waals surface area contributed by atoms with Crippen LogP contribution in [0.5, 0.6) is 0 Å². The van der Waals surface area contributed by atoms with E-state index in [0.717, 1.165) is 37.4 Å². The monoisotopic (exact) mass is 328 g/mol.